The Labute approximate surface area is 134 Å². The van der Waals surface area contributed by atoms with Gasteiger partial charge in [0.2, 0.25) is 5.91 Å². The van der Waals surface area contributed by atoms with E-state index in [1.54, 1.807) is 0 Å². The van der Waals surface area contributed by atoms with E-state index in [2.05, 4.69) is 0 Å². The molecule has 1 heterocycles. The van der Waals surface area contributed by atoms with Gasteiger partial charge in [-0.05, 0) is 18.6 Å². The van der Waals surface area contributed by atoms with Crippen LogP contribution in [0.3, 0.4) is 0 Å². The fourth-order valence-electron chi connectivity index (χ4n) is 1.93. The molecule has 0 saturated carbocycles. The van der Waals surface area contributed by atoms with Gasteiger partial charge in [0.15, 0.2) is 0 Å². The molecule has 1 aromatic carbocycles. The monoisotopic (exact) mass is 376 g/mol. The summed E-state index contributed by atoms with van der Waals surface area (Å²) in [6.07, 6.45) is 0.851. The lowest BCUT2D eigenvalue weighted by Gasteiger charge is -2.20. The van der Waals surface area contributed by atoms with Gasteiger partial charge in [-0.1, -0.05) is 23.2 Å². The molecular weight excluding hydrogens is 368 g/mol. The van der Waals surface area contributed by atoms with E-state index < -0.39 is 21.2 Å². The van der Waals surface area contributed by atoms with Gasteiger partial charge in [-0.2, -0.15) is 21.6 Å². The molecule has 22 heavy (non-hydrogen) atoms. The van der Waals surface area contributed by atoms with Crippen LogP contribution in [0.1, 0.15) is 12.8 Å². The quantitative estimate of drug-likeness (QED) is 0.878. The minimum absolute atomic E-state index is 0.0372. The van der Waals surface area contributed by atoms with E-state index in [1.807, 2.05) is 0 Å². The highest BCUT2D eigenvalue weighted by Gasteiger charge is 2.46. The van der Waals surface area contributed by atoms with E-state index >= 15 is 0 Å². The van der Waals surface area contributed by atoms with Gasteiger partial charge in [0.1, 0.15) is 0 Å². The van der Waals surface area contributed by atoms with E-state index in [9.17, 15) is 26.4 Å². The van der Waals surface area contributed by atoms with Crippen molar-refractivity contribution in [2.24, 2.45) is 0 Å². The minimum Gasteiger partial charge on any atom is -0.311 e. The topological polar surface area (TPSA) is 66.5 Å². The zero-order chi connectivity index (χ0) is 16.7. The van der Waals surface area contributed by atoms with Crippen molar-refractivity contribution in [2.75, 3.05) is 16.2 Å². The van der Waals surface area contributed by atoms with Gasteiger partial charge in [-0.3, -0.25) is 9.52 Å². The molecule has 0 radical (unpaired) electrons. The van der Waals surface area contributed by atoms with Crippen LogP contribution in [0.4, 0.5) is 24.5 Å². The Kier molecular flexibility index (Phi) is 4.51. The van der Waals surface area contributed by atoms with Crippen LogP contribution in [0.2, 0.25) is 10.0 Å². The lowest BCUT2D eigenvalue weighted by atomic mass is 10.2. The van der Waals surface area contributed by atoms with Gasteiger partial charge >= 0.3 is 15.5 Å². The van der Waals surface area contributed by atoms with Crippen LogP contribution in [-0.4, -0.2) is 26.4 Å². The number of alkyl halides is 3. The fraction of sp³-hybridized carbons (Fsp3) is 0.364. The molecule has 0 aliphatic carbocycles. The molecule has 1 aliphatic rings. The fourth-order valence-corrected chi connectivity index (χ4v) is 3.09. The molecule has 1 amide bonds. The molecule has 1 saturated heterocycles. The summed E-state index contributed by atoms with van der Waals surface area (Å²) in [4.78, 5) is 13.0. The number of halogens is 5. The Morgan fingerprint density at radius 3 is 2.32 bits per heavy atom. The lowest BCUT2D eigenvalue weighted by molar-refractivity contribution is -0.117. The molecule has 2 rings (SSSR count). The highest BCUT2D eigenvalue weighted by atomic mass is 35.5. The standard InChI is InChI=1S/C11H9Cl2F3N2O3S/c12-6-4-7(13)9(18-3-1-2-10(18)19)5-8(6)17-22(20,21)11(14,15)16/h4-5,17H,1-3H2. The number of anilines is 2. The van der Waals surface area contributed by atoms with Gasteiger partial charge in [-0.15, -0.1) is 0 Å². The number of benzene rings is 1. The predicted molar refractivity (Wildman–Crippen MR) is 76.6 cm³/mol. The molecular formula is C11H9Cl2F3N2O3S. The van der Waals surface area contributed by atoms with Crippen molar-refractivity contribution < 1.29 is 26.4 Å². The Hall–Kier alpha value is -1.19. The number of nitrogens with one attached hydrogen (secondary N) is 1. The van der Waals surface area contributed by atoms with Crippen LogP contribution in [0.15, 0.2) is 12.1 Å². The van der Waals surface area contributed by atoms with Crippen molar-refractivity contribution in [3.05, 3.63) is 22.2 Å². The Bertz CT molecular complexity index is 722. The van der Waals surface area contributed by atoms with Crippen LogP contribution in [-0.2, 0) is 14.8 Å². The van der Waals surface area contributed by atoms with E-state index in [1.165, 1.54) is 9.62 Å². The largest absolute Gasteiger partial charge is 0.516 e. The van der Waals surface area contributed by atoms with Gasteiger partial charge in [0.05, 0.1) is 21.4 Å². The first kappa shape index (κ1) is 17.2. The summed E-state index contributed by atoms with van der Waals surface area (Å²) >= 11 is 11.6. The van der Waals surface area contributed by atoms with E-state index in [0.717, 1.165) is 12.1 Å². The minimum atomic E-state index is -5.62. The molecule has 0 unspecified atom stereocenters. The number of hydrogen-bond donors (Lipinski definition) is 1. The first-order valence-corrected chi connectivity index (χ1v) is 8.15. The predicted octanol–water partition coefficient (Wildman–Crippen LogP) is 3.38. The third-order valence-corrected chi connectivity index (χ3v) is 4.66. The Morgan fingerprint density at radius 2 is 1.82 bits per heavy atom. The average molecular weight is 377 g/mol. The molecule has 122 valence electrons. The molecule has 1 aromatic rings. The Balaban J connectivity index is 2.43. The number of carbonyl (C=O) groups is 1. The molecule has 0 bridgehead atoms. The van der Waals surface area contributed by atoms with E-state index in [-0.39, 0.29) is 28.1 Å². The summed E-state index contributed by atoms with van der Waals surface area (Å²) < 4.78 is 60.9. The first-order valence-electron chi connectivity index (χ1n) is 5.91. The summed E-state index contributed by atoms with van der Waals surface area (Å²) in [6.45, 7) is 0.339. The maximum atomic E-state index is 12.4. The lowest BCUT2D eigenvalue weighted by Crippen LogP contribution is -2.30. The number of nitrogens with zero attached hydrogens (tertiary/aromatic N) is 1. The molecule has 11 heteroatoms. The van der Waals surface area contributed by atoms with Crippen LogP contribution in [0, 0.1) is 0 Å². The second-order valence-electron chi connectivity index (χ2n) is 4.48. The number of carbonyl (C=O) groups excluding carboxylic acids is 1. The maximum absolute atomic E-state index is 12.4. The van der Waals surface area contributed by atoms with Gasteiger partial charge < -0.3 is 4.90 Å². The van der Waals surface area contributed by atoms with E-state index in [0.29, 0.717) is 13.0 Å². The second-order valence-corrected chi connectivity index (χ2v) is 6.97. The molecule has 1 N–H and O–H groups in total. The van der Waals surface area contributed by atoms with Gasteiger partial charge in [0.25, 0.3) is 0 Å². The molecule has 0 spiro atoms. The third-order valence-electron chi connectivity index (χ3n) is 2.95. The summed E-state index contributed by atoms with van der Waals surface area (Å²) in [7, 11) is -5.62. The van der Waals surface area contributed by atoms with Crippen molar-refractivity contribution in [2.45, 2.75) is 18.3 Å². The van der Waals surface area contributed by atoms with Crippen molar-refractivity contribution >= 4 is 50.5 Å². The normalized spacial score (nSPS) is 16.2. The second kappa shape index (κ2) is 5.78. The average Bonchev–Trinajstić information content (AvgIpc) is 2.77. The molecule has 1 fully saturated rings. The first-order chi connectivity index (χ1) is 10.0. The number of hydrogen-bond acceptors (Lipinski definition) is 3. The number of sulfonamides is 1. The Morgan fingerprint density at radius 1 is 1.18 bits per heavy atom. The maximum Gasteiger partial charge on any atom is 0.516 e. The summed E-state index contributed by atoms with van der Waals surface area (Å²) in [6, 6.07) is 2.09. The molecule has 0 aromatic heterocycles. The van der Waals surface area contributed by atoms with Crippen molar-refractivity contribution in [1.29, 1.82) is 0 Å². The highest BCUT2D eigenvalue weighted by Crippen LogP contribution is 2.38. The SMILES string of the molecule is O=C1CCCN1c1cc(NS(=O)(=O)C(F)(F)F)c(Cl)cc1Cl. The van der Waals surface area contributed by atoms with Crippen molar-refractivity contribution in [3.63, 3.8) is 0 Å². The summed E-state index contributed by atoms with van der Waals surface area (Å²) in [5.74, 6) is -0.256. The van der Waals surface area contributed by atoms with Crippen molar-refractivity contribution in [1.82, 2.24) is 0 Å². The highest BCUT2D eigenvalue weighted by molar-refractivity contribution is 7.93. The van der Waals surface area contributed by atoms with Crippen LogP contribution >= 0.6 is 23.2 Å². The van der Waals surface area contributed by atoms with E-state index in [4.69, 9.17) is 23.2 Å². The van der Waals surface area contributed by atoms with Crippen LogP contribution in [0.5, 0.6) is 0 Å². The smallest absolute Gasteiger partial charge is 0.311 e. The van der Waals surface area contributed by atoms with Gasteiger partial charge in [-0.25, -0.2) is 0 Å². The number of amides is 1. The summed E-state index contributed by atoms with van der Waals surface area (Å²) in [5, 5.41) is -0.275. The number of rotatable bonds is 3. The van der Waals surface area contributed by atoms with Gasteiger partial charge in [0, 0.05) is 13.0 Å². The summed E-state index contributed by atoms with van der Waals surface area (Å²) in [5.41, 5.74) is -5.88. The zero-order valence-corrected chi connectivity index (χ0v) is 13.1. The zero-order valence-electron chi connectivity index (χ0n) is 10.7. The molecule has 5 nitrogen and oxygen atoms in total. The third kappa shape index (κ3) is 3.26. The van der Waals surface area contributed by atoms with Crippen molar-refractivity contribution in [3.8, 4) is 0 Å². The van der Waals surface area contributed by atoms with Crippen LogP contribution in [0.25, 0.3) is 0 Å². The van der Waals surface area contributed by atoms with Crippen LogP contribution < -0.4 is 9.62 Å². The molecule has 0 atom stereocenters. The molecule has 1 aliphatic heterocycles.